The second kappa shape index (κ2) is 9.07. The molecule has 2 aromatic carbocycles. The molecule has 0 atom stereocenters. The SMILES string of the molecule is O=C(O)c1ccc(Br)cc1C(F)(F)F.OCc1ccc(Br)cc1C(F)(F)F. The molecule has 148 valence electrons. The van der Waals surface area contributed by atoms with E-state index >= 15 is 0 Å². The van der Waals surface area contributed by atoms with E-state index in [2.05, 4.69) is 31.9 Å². The van der Waals surface area contributed by atoms with Gasteiger partial charge in [0.2, 0.25) is 0 Å². The third-order valence-corrected chi connectivity index (χ3v) is 4.05. The molecule has 11 heteroatoms. The van der Waals surface area contributed by atoms with Crippen molar-refractivity contribution in [1.29, 1.82) is 0 Å². The number of benzene rings is 2. The van der Waals surface area contributed by atoms with Gasteiger partial charge in [-0.3, -0.25) is 0 Å². The standard InChI is InChI=1S/C8H4BrF3O2.C8H6BrF3O/c9-4-1-2-5(7(13)14)6(3-4)8(10,11)12;9-6-2-1-5(4-13)7(3-6)8(10,11)12/h1-3H,(H,13,14);1-3,13H,4H2. The van der Waals surface area contributed by atoms with Gasteiger partial charge in [0, 0.05) is 8.95 Å². The zero-order valence-corrected chi connectivity index (χ0v) is 16.2. The van der Waals surface area contributed by atoms with Crippen molar-refractivity contribution in [3.8, 4) is 0 Å². The molecule has 0 aromatic heterocycles. The number of hydrogen-bond donors (Lipinski definition) is 2. The van der Waals surface area contributed by atoms with Gasteiger partial charge in [0.05, 0.1) is 23.3 Å². The average Bonchev–Trinajstić information content (AvgIpc) is 2.53. The van der Waals surface area contributed by atoms with Crippen LogP contribution in [-0.2, 0) is 19.0 Å². The van der Waals surface area contributed by atoms with E-state index in [0.29, 0.717) is 4.47 Å². The second-order valence-electron chi connectivity index (χ2n) is 4.95. The number of alkyl halides is 6. The summed E-state index contributed by atoms with van der Waals surface area (Å²) in [6.45, 7) is -0.609. The zero-order chi connectivity index (χ0) is 21.0. The van der Waals surface area contributed by atoms with Gasteiger partial charge in [0.25, 0.3) is 0 Å². The minimum atomic E-state index is -4.66. The van der Waals surface area contributed by atoms with E-state index in [1.54, 1.807) is 0 Å². The van der Waals surface area contributed by atoms with E-state index in [4.69, 9.17) is 10.2 Å². The van der Waals surface area contributed by atoms with E-state index < -0.39 is 41.6 Å². The lowest BCUT2D eigenvalue weighted by Crippen LogP contribution is -2.12. The summed E-state index contributed by atoms with van der Waals surface area (Å²) >= 11 is 5.78. The summed E-state index contributed by atoms with van der Waals surface area (Å²) in [4.78, 5) is 10.5. The minimum absolute atomic E-state index is 0.115. The van der Waals surface area contributed by atoms with E-state index in [9.17, 15) is 31.1 Å². The molecule has 0 saturated heterocycles. The van der Waals surface area contributed by atoms with Crippen molar-refractivity contribution in [1.82, 2.24) is 0 Å². The highest BCUT2D eigenvalue weighted by molar-refractivity contribution is 9.10. The first-order valence-electron chi connectivity index (χ1n) is 6.84. The predicted molar refractivity (Wildman–Crippen MR) is 91.2 cm³/mol. The number of carboxylic acid groups (broad SMARTS) is 1. The fourth-order valence-electron chi connectivity index (χ4n) is 1.89. The highest BCUT2D eigenvalue weighted by Gasteiger charge is 2.35. The van der Waals surface area contributed by atoms with Crippen molar-refractivity contribution in [3.63, 3.8) is 0 Å². The van der Waals surface area contributed by atoms with Crippen LogP contribution < -0.4 is 0 Å². The Kier molecular flexibility index (Phi) is 7.87. The molecule has 0 radical (unpaired) electrons. The van der Waals surface area contributed by atoms with E-state index in [1.807, 2.05) is 0 Å². The fourth-order valence-corrected chi connectivity index (χ4v) is 2.61. The van der Waals surface area contributed by atoms with E-state index in [0.717, 1.165) is 18.2 Å². The molecular weight excluding hydrogens is 514 g/mol. The Balaban J connectivity index is 0.000000271. The topological polar surface area (TPSA) is 57.5 Å². The molecule has 0 spiro atoms. The van der Waals surface area contributed by atoms with Crippen molar-refractivity contribution in [2.75, 3.05) is 0 Å². The van der Waals surface area contributed by atoms with Gasteiger partial charge < -0.3 is 10.2 Å². The van der Waals surface area contributed by atoms with Crippen LogP contribution >= 0.6 is 31.9 Å². The van der Waals surface area contributed by atoms with Crippen molar-refractivity contribution in [2.45, 2.75) is 19.0 Å². The number of carboxylic acids is 1. The van der Waals surface area contributed by atoms with Gasteiger partial charge in [-0.25, -0.2) is 4.79 Å². The summed E-state index contributed by atoms with van der Waals surface area (Å²) in [5.41, 5.74) is -2.82. The summed E-state index contributed by atoms with van der Waals surface area (Å²) in [5, 5.41) is 17.2. The molecule has 0 unspecified atom stereocenters. The van der Waals surface area contributed by atoms with Crippen LogP contribution in [0.2, 0.25) is 0 Å². The van der Waals surface area contributed by atoms with Crippen molar-refractivity contribution in [3.05, 3.63) is 67.6 Å². The number of aliphatic hydroxyl groups is 1. The molecule has 27 heavy (non-hydrogen) atoms. The Morgan fingerprint density at radius 1 is 0.852 bits per heavy atom. The van der Waals surface area contributed by atoms with Crippen molar-refractivity contribution >= 4 is 37.8 Å². The van der Waals surface area contributed by atoms with Crippen LogP contribution in [0.1, 0.15) is 27.0 Å². The first-order chi connectivity index (χ1) is 12.3. The molecule has 0 fully saturated rings. The van der Waals surface area contributed by atoms with Crippen LogP contribution in [0, 0.1) is 0 Å². The third-order valence-electron chi connectivity index (χ3n) is 3.07. The largest absolute Gasteiger partial charge is 0.478 e. The summed E-state index contributed by atoms with van der Waals surface area (Å²) in [6.07, 6.45) is -9.07. The summed E-state index contributed by atoms with van der Waals surface area (Å²) in [5.74, 6) is -1.59. The molecule has 0 aliphatic carbocycles. The van der Waals surface area contributed by atoms with E-state index in [-0.39, 0.29) is 10.0 Å². The second-order valence-corrected chi connectivity index (χ2v) is 6.78. The average molecular weight is 524 g/mol. The van der Waals surface area contributed by atoms with Gasteiger partial charge in [0.1, 0.15) is 0 Å². The Morgan fingerprint density at radius 3 is 1.70 bits per heavy atom. The Hall–Kier alpha value is -1.59. The number of rotatable bonds is 2. The van der Waals surface area contributed by atoms with E-state index in [1.165, 1.54) is 18.2 Å². The maximum absolute atomic E-state index is 12.3. The molecule has 2 N–H and O–H groups in total. The maximum atomic E-state index is 12.3. The molecule has 2 aromatic rings. The molecule has 0 aliphatic rings. The molecular formula is C16H10Br2F6O3. The Labute approximate surface area is 165 Å². The highest BCUT2D eigenvalue weighted by Crippen LogP contribution is 2.34. The Morgan fingerprint density at radius 2 is 1.30 bits per heavy atom. The van der Waals surface area contributed by atoms with Crippen molar-refractivity contribution in [2.24, 2.45) is 0 Å². The minimum Gasteiger partial charge on any atom is -0.478 e. The number of halogens is 8. The van der Waals surface area contributed by atoms with Gasteiger partial charge in [-0.05, 0) is 35.9 Å². The Bertz CT molecular complexity index is 819. The van der Waals surface area contributed by atoms with Crippen LogP contribution in [-0.4, -0.2) is 16.2 Å². The number of aliphatic hydroxyl groups excluding tert-OH is 1. The molecule has 0 amide bonds. The van der Waals surface area contributed by atoms with Gasteiger partial charge in [0.15, 0.2) is 0 Å². The van der Waals surface area contributed by atoms with Crippen LogP contribution in [0.4, 0.5) is 26.3 Å². The summed E-state index contributed by atoms with van der Waals surface area (Å²) in [7, 11) is 0. The number of carbonyl (C=O) groups is 1. The van der Waals surface area contributed by atoms with Gasteiger partial charge in [-0.1, -0.05) is 37.9 Å². The van der Waals surface area contributed by atoms with Gasteiger partial charge in [-0.15, -0.1) is 0 Å². The third kappa shape index (κ3) is 6.82. The molecule has 0 saturated carbocycles. The van der Waals surface area contributed by atoms with Crippen LogP contribution in [0.15, 0.2) is 45.3 Å². The van der Waals surface area contributed by atoms with Crippen LogP contribution in [0.3, 0.4) is 0 Å². The lowest BCUT2D eigenvalue weighted by molar-refractivity contribution is -0.139. The zero-order valence-electron chi connectivity index (χ0n) is 13.0. The monoisotopic (exact) mass is 522 g/mol. The first-order valence-corrected chi connectivity index (χ1v) is 8.42. The fraction of sp³-hybridized carbons (Fsp3) is 0.188. The predicted octanol–water partition coefficient (Wildman–Crippen LogP) is 6.13. The smallest absolute Gasteiger partial charge is 0.417 e. The molecule has 0 aliphatic heterocycles. The number of aromatic carboxylic acids is 1. The molecule has 2 rings (SSSR count). The maximum Gasteiger partial charge on any atom is 0.417 e. The van der Waals surface area contributed by atoms with Gasteiger partial charge in [-0.2, -0.15) is 26.3 Å². The summed E-state index contributed by atoms with van der Waals surface area (Å²) in [6, 6.07) is 6.55. The normalized spacial score (nSPS) is 11.6. The highest BCUT2D eigenvalue weighted by atomic mass is 79.9. The van der Waals surface area contributed by atoms with Crippen molar-refractivity contribution < 1.29 is 41.4 Å². The molecule has 0 bridgehead atoms. The molecule has 3 nitrogen and oxygen atoms in total. The summed E-state index contributed by atoms with van der Waals surface area (Å²) < 4.78 is 74.3. The van der Waals surface area contributed by atoms with Gasteiger partial charge >= 0.3 is 18.3 Å². The van der Waals surface area contributed by atoms with Crippen LogP contribution in [0.5, 0.6) is 0 Å². The lowest BCUT2D eigenvalue weighted by atomic mass is 10.1. The van der Waals surface area contributed by atoms with Crippen LogP contribution in [0.25, 0.3) is 0 Å². The molecule has 0 heterocycles. The first kappa shape index (κ1) is 23.4. The quantitative estimate of drug-likeness (QED) is 0.466. The lowest BCUT2D eigenvalue weighted by Gasteiger charge is -2.11. The number of hydrogen-bond acceptors (Lipinski definition) is 2.